The van der Waals surface area contributed by atoms with E-state index in [1.54, 1.807) is 4.90 Å². The van der Waals surface area contributed by atoms with Crippen LogP contribution in [0.5, 0.6) is 0 Å². The van der Waals surface area contributed by atoms with Crippen molar-refractivity contribution in [3.63, 3.8) is 0 Å². The largest absolute Gasteiger partial charge is 0.383 e. The number of hydrogen-bond donors (Lipinski definition) is 0. The first-order valence-corrected chi connectivity index (χ1v) is 7.92. The minimum absolute atomic E-state index is 0.0101. The Hall–Kier alpha value is -0.700. The average molecular weight is 292 g/mol. The van der Waals surface area contributed by atoms with Crippen molar-refractivity contribution in [2.24, 2.45) is 0 Å². The molecule has 0 aromatic rings. The molecule has 0 aliphatic carbocycles. The van der Waals surface area contributed by atoms with Gasteiger partial charge in [-0.05, 0) is 0 Å². The second kappa shape index (κ2) is 5.74. The Morgan fingerprint density at radius 3 is 2.79 bits per heavy atom. The number of hydrogen-bond acceptors (Lipinski definition) is 5. The molecule has 0 saturated carbocycles. The van der Waals surface area contributed by atoms with Crippen molar-refractivity contribution in [3.05, 3.63) is 0 Å². The highest BCUT2D eigenvalue weighted by Crippen LogP contribution is 2.24. The van der Waals surface area contributed by atoms with Crippen LogP contribution in [0.25, 0.3) is 0 Å². The van der Waals surface area contributed by atoms with E-state index < -0.39 is 10.0 Å². The van der Waals surface area contributed by atoms with Crippen molar-refractivity contribution in [1.29, 1.82) is 0 Å². The van der Waals surface area contributed by atoms with Crippen molar-refractivity contribution < 1.29 is 22.7 Å². The molecule has 0 aromatic carbocycles. The van der Waals surface area contributed by atoms with Gasteiger partial charge in [0.05, 0.1) is 31.1 Å². The van der Waals surface area contributed by atoms with E-state index in [1.807, 2.05) is 0 Å². The molecule has 2 saturated heterocycles. The number of rotatable bonds is 3. The Bertz CT molecular complexity index is 438. The van der Waals surface area contributed by atoms with Gasteiger partial charge in [0.2, 0.25) is 15.9 Å². The van der Waals surface area contributed by atoms with Crippen LogP contribution < -0.4 is 0 Å². The zero-order chi connectivity index (χ0) is 14.0. The molecule has 2 aliphatic rings. The molecule has 19 heavy (non-hydrogen) atoms. The number of fused-ring (bicyclic) bond motifs is 1. The Morgan fingerprint density at radius 1 is 1.42 bits per heavy atom. The van der Waals surface area contributed by atoms with Gasteiger partial charge in [0.1, 0.15) is 0 Å². The molecule has 0 radical (unpaired) electrons. The van der Waals surface area contributed by atoms with Crippen LogP contribution in [0.4, 0.5) is 0 Å². The standard InChI is InChI=1S/C11H20N2O5S/c1-9(14)12-7-10-11(8-12)18-5-6-19(15,16)13(10)3-4-17-2/h10-11H,3-8H2,1-2H3/t10-,11+/m1/s1. The first-order valence-electron chi connectivity index (χ1n) is 6.31. The van der Waals surface area contributed by atoms with Gasteiger partial charge in [-0.25, -0.2) is 8.42 Å². The Balaban J connectivity index is 2.21. The summed E-state index contributed by atoms with van der Waals surface area (Å²) in [6.07, 6.45) is -0.238. The average Bonchev–Trinajstić information content (AvgIpc) is 2.69. The van der Waals surface area contributed by atoms with E-state index in [2.05, 4.69) is 0 Å². The molecule has 8 heteroatoms. The van der Waals surface area contributed by atoms with E-state index in [-0.39, 0.29) is 30.4 Å². The maximum atomic E-state index is 12.2. The van der Waals surface area contributed by atoms with Gasteiger partial charge in [0, 0.05) is 33.7 Å². The van der Waals surface area contributed by atoms with Crippen LogP contribution in [0.15, 0.2) is 0 Å². The van der Waals surface area contributed by atoms with Crippen LogP contribution in [-0.2, 0) is 24.3 Å². The van der Waals surface area contributed by atoms with E-state index >= 15 is 0 Å². The lowest BCUT2D eigenvalue weighted by atomic mass is 10.2. The quantitative estimate of drug-likeness (QED) is 0.659. The predicted octanol–water partition coefficient (Wildman–Crippen LogP) is -1.11. The summed E-state index contributed by atoms with van der Waals surface area (Å²) in [7, 11) is -1.81. The molecule has 2 heterocycles. The first-order chi connectivity index (χ1) is 8.95. The molecule has 1 amide bonds. The molecule has 2 aliphatic heterocycles. The smallest absolute Gasteiger partial charge is 0.219 e. The fraction of sp³-hybridized carbons (Fsp3) is 0.909. The second-order valence-electron chi connectivity index (χ2n) is 4.82. The number of amides is 1. The molecular weight excluding hydrogens is 272 g/mol. The van der Waals surface area contributed by atoms with E-state index in [9.17, 15) is 13.2 Å². The van der Waals surface area contributed by atoms with Crippen molar-refractivity contribution >= 4 is 15.9 Å². The van der Waals surface area contributed by atoms with Crippen LogP contribution in [0.2, 0.25) is 0 Å². The molecule has 0 unspecified atom stereocenters. The van der Waals surface area contributed by atoms with Crippen LogP contribution >= 0.6 is 0 Å². The van der Waals surface area contributed by atoms with Crippen LogP contribution in [0.3, 0.4) is 0 Å². The first kappa shape index (κ1) is 14.7. The molecule has 2 rings (SSSR count). The SMILES string of the molecule is COCCN1[C@@H]2CN(C(C)=O)C[C@@H]2OCCS1(=O)=O. The molecule has 2 atom stereocenters. The maximum Gasteiger partial charge on any atom is 0.219 e. The summed E-state index contributed by atoms with van der Waals surface area (Å²) in [6.45, 7) is 3.15. The fourth-order valence-corrected chi connectivity index (χ4v) is 4.08. The van der Waals surface area contributed by atoms with Gasteiger partial charge in [0.15, 0.2) is 0 Å². The Labute approximate surface area is 113 Å². The minimum atomic E-state index is -3.35. The lowest BCUT2D eigenvalue weighted by Gasteiger charge is -2.27. The summed E-state index contributed by atoms with van der Waals surface area (Å²) in [6, 6.07) is -0.299. The van der Waals surface area contributed by atoms with Crippen molar-refractivity contribution in [2.75, 3.05) is 45.7 Å². The highest BCUT2D eigenvalue weighted by molar-refractivity contribution is 7.89. The predicted molar refractivity (Wildman–Crippen MR) is 68.2 cm³/mol. The normalized spacial score (nSPS) is 30.9. The number of carbonyl (C=O) groups excluding carboxylic acids is 1. The number of methoxy groups -OCH3 is 1. The van der Waals surface area contributed by atoms with Crippen molar-refractivity contribution in [1.82, 2.24) is 9.21 Å². The molecule has 0 N–H and O–H groups in total. The molecular formula is C11H20N2O5S. The Kier molecular flexibility index (Phi) is 4.44. The third kappa shape index (κ3) is 3.07. The van der Waals surface area contributed by atoms with Gasteiger partial charge < -0.3 is 14.4 Å². The second-order valence-corrected chi connectivity index (χ2v) is 6.86. The van der Waals surface area contributed by atoms with E-state index in [4.69, 9.17) is 9.47 Å². The molecule has 7 nitrogen and oxygen atoms in total. The van der Waals surface area contributed by atoms with Gasteiger partial charge in [0.25, 0.3) is 0 Å². The van der Waals surface area contributed by atoms with Crippen LogP contribution in [-0.4, -0.2) is 81.4 Å². The molecule has 110 valence electrons. The van der Waals surface area contributed by atoms with E-state index in [1.165, 1.54) is 18.3 Å². The van der Waals surface area contributed by atoms with Crippen LogP contribution in [0.1, 0.15) is 6.92 Å². The summed E-state index contributed by atoms with van der Waals surface area (Å²) >= 11 is 0. The summed E-state index contributed by atoms with van der Waals surface area (Å²) in [5, 5.41) is 0. The topological polar surface area (TPSA) is 76.2 Å². The lowest BCUT2D eigenvalue weighted by Crippen LogP contribution is -2.47. The van der Waals surface area contributed by atoms with Crippen LogP contribution in [0, 0.1) is 0 Å². The van der Waals surface area contributed by atoms with Crippen molar-refractivity contribution in [2.45, 2.75) is 19.1 Å². The lowest BCUT2D eigenvalue weighted by molar-refractivity contribution is -0.128. The number of ether oxygens (including phenoxy) is 2. The molecule has 0 bridgehead atoms. The third-order valence-electron chi connectivity index (χ3n) is 3.60. The number of carbonyl (C=O) groups is 1. The number of sulfonamides is 1. The third-order valence-corrected chi connectivity index (χ3v) is 5.45. The van der Waals surface area contributed by atoms with Gasteiger partial charge in [-0.15, -0.1) is 0 Å². The van der Waals surface area contributed by atoms with Crippen molar-refractivity contribution in [3.8, 4) is 0 Å². The molecule has 2 fully saturated rings. The summed E-state index contributed by atoms with van der Waals surface area (Å²) in [4.78, 5) is 13.1. The summed E-state index contributed by atoms with van der Waals surface area (Å²) < 4.78 is 36.4. The van der Waals surface area contributed by atoms with E-state index in [0.717, 1.165) is 0 Å². The Morgan fingerprint density at radius 2 is 2.16 bits per heavy atom. The number of nitrogens with zero attached hydrogens (tertiary/aromatic N) is 2. The molecule has 0 aromatic heterocycles. The van der Waals surface area contributed by atoms with Gasteiger partial charge in [-0.3, -0.25) is 4.79 Å². The maximum absolute atomic E-state index is 12.2. The monoisotopic (exact) mass is 292 g/mol. The highest BCUT2D eigenvalue weighted by atomic mass is 32.2. The van der Waals surface area contributed by atoms with E-state index in [0.29, 0.717) is 26.2 Å². The summed E-state index contributed by atoms with van der Waals surface area (Å²) in [5.74, 6) is -0.0650. The fourth-order valence-electron chi connectivity index (χ4n) is 2.57. The molecule has 0 spiro atoms. The zero-order valence-electron chi connectivity index (χ0n) is 11.2. The minimum Gasteiger partial charge on any atom is -0.383 e. The van der Waals surface area contributed by atoms with Gasteiger partial charge in [-0.2, -0.15) is 4.31 Å². The summed E-state index contributed by atoms with van der Waals surface area (Å²) in [5.41, 5.74) is 0. The zero-order valence-corrected chi connectivity index (χ0v) is 12.1. The van der Waals surface area contributed by atoms with Gasteiger partial charge in [-0.1, -0.05) is 0 Å². The van der Waals surface area contributed by atoms with Gasteiger partial charge >= 0.3 is 0 Å². The number of likely N-dealkylation sites (tertiary alicyclic amines) is 1. The highest BCUT2D eigenvalue weighted by Gasteiger charge is 2.44.